The predicted octanol–water partition coefficient (Wildman–Crippen LogP) is 5.16. The molecule has 1 saturated carbocycles. The SMILES string of the molecule is CC(Nc1ncc2c(n1)N(C1CCCC1)CC(C)(C)C(=O)N2C)c1ccc(Br)cc1. The molecule has 0 spiro atoms. The average Bonchev–Trinajstić information content (AvgIpc) is 3.24. The largest absolute Gasteiger partial charge is 0.351 e. The Morgan fingerprint density at radius 3 is 2.53 bits per heavy atom. The summed E-state index contributed by atoms with van der Waals surface area (Å²) in [6.45, 7) is 6.84. The lowest BCUT2D eigenvalue weighted by molar-refractivity contribution is -0.125. The Hall–Kier alpha value is -2.15. The zero-order chi connectivity index (χ0) is 21.5. The maximum atomic E-state index is 13.1. The van der Waals surface area contributed by atoms with E-state index in [0.717, 1.165) is 34.4 Å². The van der Waals surface area contributed by atoms with Crippen LogP contribution in [0.2, 0.25) is 0 Å². The van der Waals surface area contributed by atoms with Gasteiger partial charge in [0.1, 0.15) is 5.69 Å². The molecule has 4 rings (SSSR count). The molecular formula is C23H30BrN5O. The summed E-state index contributed by atoms with van der Waals surface area (Å²) in [6.07, 6.45) is 6.56. The van der Waals surface area contributed by atoms with Gasteiger partial charge in [-0.1, -0.05) is 40.9 Å². The van der Waals surface area contributed by atoms with Crippen molar-refractivity contribution in [3.63, 3.8) is 0 Å². The number of nitrogens with zero attached hydrogens (tertiary/aromatic N) is 4. The number of hydrogen-bond donors (Lipinski definition) is 1. The molecule has 2 aromatic rings. The van der Waals surface area contributed by atoms with Crippen LogP contribution in [0.15, 0.2) is 34.9 Å². The number of rotatable bonds is 4. The smallest absolute Gasteiger partial charge is 0.234 e. The molecule has 1 unspecified atom stereocenters. The molecule has 1 aliphatic heterocycles. The number of anilines is 3. The van der Waals surface area contributed by atoms with E-state index in [1.54, 1.807) is 11.1 Å². The zero-order valence-corrected chi connectivity index (χ0v) is 19.7. The summed E-state index contributed by atoms with van der Waals surface area (Å²) in [6, 6.07) is 8.74. The molecule has 2 aliphatic rings. The third-order valence-electron chi connectivity index (χ3n) is 6.31. The third-order valence-corrected chi connectivity index (χ3v) is 6.84. The Labute approximate surface area is 187 Å². The second kappa shape index (κ2) is 8.17. The average molecular weight is 472 g/mol. The Morgan fingerprint density at radius 1 is 1.20 bits per heavy atom. The van der Waals surface area contributed by atoms with Gasteiger partial charge in [-0.3, -0.25) is 4.79 Å². The van der Waals surface area contributed by atoms with E-state index in [0.29, 0.717) is 18.5 Å². The van der Waals surface area contributed by atoms with Crippen molar-refractivity contribution in [3.05, 3.63) is 40.5 Å². The van der Waals surface area contributed by atoms with Gasteiger partial charge in [0.15, 0.2) is 5.82 Å². The molecule has 1 fully saturated rings. The van der Waals surface area contributed by atoms with Gasteiger partial charge >= 0.3 is 0 Å². The minimum atomic E-state index is -0.476. The van der Waals surface area contributed by atoms with Crippen molar-refractivity contribution >= 4 is 39.3 Å². The molecule has 0 bridgehead atoms. The molecular weight excluding hydrogens is 442 g/mol. The summed E-state index contributed by atoms with van der Waals surface area (Å²) in [5.74, 6) is 1.56. The van der Waals surface area contributed by atoms with Crippen molar-refractivity contribution in [1.82, 2.24) is 9.97 Å². The number of halogens is 1. The van der Waals surface area contributed by atoms with Gasteiger partial charge in [0, 0.05) is 24.1 Å². The van der Waals surface area contributed by atoms with Gasteiger partial charge < -0.3 is 15.1 Å². The Kier molecular flexibility index (Phi) is 5.75. The van der Waals surface area contributed by atoms with E-state index >= 15 is 0 Å². The highest BCUT2D eigenvalue weighted by Crippen LogP contribution is 2.40. The number of nitrogens with one attached hydrogen (secondary N) is 1. The minimum Gasteiger partial charge on any atom is -0.351 e. The maximum Gasteiger partial charge on any atom is 0.234 e. The van der Waals surface area contributed by atoms with Gasteiger partial charge in [-0.05, 0) is 51.3 Å². The number of benzene rings is 1. The molecule has 1 atom stereocenters. The van der Waals surface area contributed by atoms with Crippen LogP contribution >= 0.6 is 15.9 Å². The number of carbonyl (C=O) groups excluding carboxylic acids is 1. The van der Waals surface area contributed by atoms with Crippen LogP contribution in [0.4, 0.5) is 17.5 Å². The van der Waals surface area contributed by atoms with E-state index in [-0.39, 0.29) is 11.9 Å². The van der Waals surface area contributed by atoms with E-state index in [9.17, 15) is 4.79 Å². The zero-order valence-electron chi connectivity index (χ0n) is 18.2. The van der Waals surface area contributed by atoms with E-state index in [1.165, 1.54) is 12.8 Å². The van der Waals surface area contributed by atoms with Crippen molar-refractivity contribution in [2.45, 2.75) is 58.5 Å². The Balaban J connectivity index is 1.68. The van der Waals surface area contributed by atoms with Crippen LogP contribution in [0, 0.1) is 5.41 Å². The van der Waals surface area contributed by atoms with Gasteiger partial charge in [-0.2, -0.15) is 4.98 Å². The maximum absolute atomic E-state index is 13.1. The summed E-state index contributed by atoms with van der Waals surface area (Å²) in [5, 5.41) is 3.44. The van der Waals surface area contributed by atoms with Crippen molar-refractivity contribution in [2.24, 2.45) is 5.41 Å². The van der Waals surface area contributed by atoms with E-state index in [1.807, 2.05) is 33.0 Å². The standard InChI is InChI=1S/C23H30BrN5O/c1-15(16-9-11-17(24)12-10-16)26-22-25-13-19-20(27-22)29(18-7-5-6-8-18)14-23(2,3)21(30)28(19)4/h9-13,15,18H,5-8,14H2,1-4H3,(H,25,26,27). The lowest BCUT2D eigenvalue weighted by atomic mass is 9.91. The summed E-state index contributed by atoms with van der Waals surface area (Å²) in [7, 11) is 1.84. The number of hydrogen-bond acceptors (Lipinski definition) is 5. The van der Waals surface area contributed by atoms with Gasteiger partial charge in [-0.25, -0.2) is 4.98 Å². The van der Waals surface area contributed by atoms with Crippen LogP contribution in [-0.4, -0.2) is 35.5 Å². The van der Waals surface area contributed by atoms with Crippen LogP contribution in [0.1, 0.15) is 58.1 Å². The fraction of sp³-hybridized carbons (Fsp3) is 0.522. The van der Waals surface area contributed by atoms with Crippen LogP contribution in [0.25, 0.3) is 0 Å². The van der Waals surface area contributed by atoms with Gasteiger partial charge in [-0.15, -0.1) is 0 Å². The molecule has 2 heterocycles. The minimum absolute atomic E-state index is 0.0673. The lowest BCUT2D eigenvalue weighted by Crippen LogP contribution is -2.45. The van der Waals surface area contributed by atoms with Crippen molar-refractivity contribution in [1.29, 1.82) is 0 Å². The molecule has 30 heavy (non-hydrogen) atoms. The van der Waals surface area contributed by atoms with Crippen molar-refractivity contribution in [3.8, 4) is 0 Å². The van der Waals surface area contributed by atoms with Crippen molar-refractivity contribution < 1.29 is 4.79 Å². The first-order valence-corrected chi connectivity index (χ1v) is 11.5. The highest BCUT2D eigenvalue weighted by Gasteiger charge is 2.41. The van der Waals surface area contributed by atoms with E-state index in [2.05, 4.69) is 50.2 Å². The number of fused-ring (bicyclic) bond motifs is 1. The highest BCUT2D eigenvalue weighted by molar-refractivity contribution is 9.10. The molecule has 7 heteroatoms. The monoisotopic (exact) mass is 471 g/mol. The van der Waals surface area contributed by atoms with Crippen LogP contribution in [0.3, 0.4) is 0 Å². The van der Waals surface area contributed by atoms with Gasteiger partial charge in [0.05, 0.1) is 17.7 Å². The first kappa shape index (κ1) is 21.1. The predicted molar refractivity (Wildman–Crippen MR) is 125 cm³/mol. The summed E-state index contributed by atoms with van der Waals surface area (Å²) < 4.78 is 1.06. The summed E-state index contributed by atoms with van der Waals surface area (Å²) in [5.41, 5.74) is 1.48. The van der Waals surface area contributed by atoms with Crippen LogP contribution in [-0.2, 0) is 4.79 Å². The fourth-order valence-corrected chi connectivity index (χ4v) is 4.83. The van der Waals surface area contributed by atoms with Gasteiger partial charge in [0.2, 0.25) is 11.9 Å². The Bertz CT molecular complexity index is 924. The second-order valence-corrected chi connectivity index (χ2v) is 10.0. The lowest BCUT2D eigenvalue weighted by Gasteiger charge is -2.34. The first-order valence-electron chi connectivity index (χ1n) is 10.7. The first-order chi connectivity index (χ1) is 14.3. The van der Waals surface area contributed by atoms with Crippen LogP contribution < -0.4 is 15.1 Å². The van der Waals surface area contributed by atoms with E-state index in [4.69, 9.17) is 4.98 Å². The van der Waals surface area contributed by atoms with Crippen LogP contribution in [0.5, 0.6) is 0 Å². The topological polar surface area (TPSA) is 61.4 Å². The molecule has 1 aliphatic carbocycles. The molecule has 6 nitrogen and oxygen atoms in total. The Morgan fingerprint density at radius 2 is 1.87 bits per heavy atom. The summed E-state index contributed by atoms with van der Waals surface area (Å²) >= 11 is 3.49. The van der Waals surface area contributed by atoms with E-state index < -0.39 is 5.41 Å². The number of aromatic nitrogens is 2. The second-order valence-electron chi connectivity index (χ2n) is 9.13. The van der Waals surface area contributed by atoms with Crippen molar-refractivity contribution in [2.75, 3.05) is 28.7 Å². The number of carbonyl (C=O) groups is 1. The normalized spacial score (nSPS) is 20.1. The molecule has 0 radical (unpaired) electrons. The van der Waals surface area contributed by atoms with Gasteiger partial charge in [0.25, 0.3) is 0 Å². The molecule has 1 aromatic heterocycles. The fourth-order valence-electron chi connectivity index (χ4n) is 4.56. The third kappa shape index (κ3) is 4.04. The highest BCUT2D eigenvalue weighted by atomic mass is 79.9. The summed E-state index contributed by atoms with van der Waals surface area (Å²) in [4.78, 5) is 26.7. The molecule has 1 amide bonds. The number of amides is 1. The molecule has 1 aromatic carbocycles. The molecule has 0 saturated heterocycles. The molecule has 1 N–H and O–H groups in total. The quantitative estimate of drug-likeness (QED) is 0.666. The molecule has 160 valence electrons.